The predicted octanol–water partition coefficient (Wildman–Crippen LogP) is 1.88. The van der Waals surface area contributed by atoms with Crippen molar-refractivity contribution in [2.45, 2.75) is 6.42 Å². The summed E-state index contributed by atoms with van der Waals surface area (Å²) < 4.78 is 0. The van der Waals surface area contributed by atoms with Gasteiger partial charge in [0, 0.05) is 18.7 Å². The monoisotopic (exact) mass is 161 g/mol. The molecule has 0 saturated carbocycles. The smallest absolute Gasteiger partial charge is 0.0681 e. The van der Waals surface area contributed by atoms with E-state index >= 15 is 0 Å². The average Bonchev–Trinajstić information content (AvgIpc) is 2.13. The molecule has 0 fully saturated rings. The Bertz CT molecular complexity index is 112. The van der Waals surface area contributed by atoms with E-state index in [9.17, 15) is 0 Å². The van der Waals surface area contributed by atoms with Crippen molar-refractivity contribution in [3.05, 3.63) is 0 Å². The summed E-state index contributed by atoms with van der Waals surface area (Å²) in [5.41, 5.74) is 0. The van der Waals surface area contributed by atoms with Crippen LogP contribution in [0.1, 0.15) is 6.42 Å². The number of hydrogen-bond acceptors (Lipinski definition) is 3. The van der Waals surface area contributed by atoms with Crippen LogP contribution < -0.4 is 0 Å². The molecule has 9 heavy (non-hydrogen) atoms. The molecule has 1 aliphatic rings. The third kappa shape index (κ3) is 2.63. The van der Waals surface area contributed by atoms with Crippen LogP contribution in [0.15, 0.2) is 4.99 Å². The van der Waals surface area contributed by atoms with Crippen LogP contribution in [-0.2, 0) is 0 Å². The van der Waals surface area contributed by atoms with Gasteiger partial charge in [0.05, 0.1) is 5.04 Å². The molecule has 1 rings (SSSR count). The number of rotatable bonds is 0. The second-order valence-corrected chi connectivity index (χ2v) is 3.95. The van der Waals surface area contributed by atoms with Gasteiger partial charge >= 0.3 is 0 Å². The van der Waals surface area contributed by atoms with E-state index in [0.717, 1.165) is 6.54 Å². The molecule has 1 heterocycles. The van der Waals surface area contributed by atoms with E-state index in [1.807, 2.05) is 11.8 Å². The van der Waals surface area contributed by atoms with Crippen LogP contribution in [0.5, 0.6) is 0 Å². The largest absolute Gasteiger partial charge is 0.282 e. The normalized spacial score (nSPS) is 20.8. The number of nitrogens with zero attached hydrogens (tertiary/aromatic N) is 1. The molecule has 3 heteroatoms. The molecule has 0 aromatic heterocycles. The Morgan fingerprint density at radius 1 is 1.56 bits per heavy atom. The van der Waals surface area contributed by atoms with Gasteiger partial charge in [0.15, 0.2) is 0 Å². The summed E-state index contributed by atoms with van der Waals surface area (Å²) in [6.45, 7) is 1.03. The van der Waals surface area contributed by atoms with Crippen LogP contribution >= 0.6 is 23.5 Å². The second kappa shape index (κ2) is 4.23. The zero-order valence-electron chi connectivity index (χ0n) is 5.59. The Kier molecular flexibility index (Phi) is 3.51. The molecule has 0 aromatic rings. The number of hydrogen-bond donors (Lipinski definition) is 0. The van der Waals surface area contributed by atoms with Gasteiger partial charge in [-0.15, -0.1) is 11.8 Å². The van der Waals surface area contributed by atoms with Crippen LogP contribution in [-0.4, -0.2) is 29.3 Å². The molecule has 1 aliphatic heterocycles. The Balaban J connectivity index is 2.37. The van der Waals surface area contributed by atoms with Gasteiger partial charge in [-0.3, -0.25) is 4.99 Å². The van der Waals surface area contributed by atoms with Gasteiger partial charge in [-0.05, 0) is 12.0 Å². The number of thioether (sulfide) groups is 2. The van der Waals surface area contributed by atoms with Gasteiger partial charge in [0.2, 0.25) is 0 Å². The molecular weight excluding hydrogens is 150 g/mol. The van der Waals surface area contributed by atoms with Crippen LogP contribution in [0.3, 0.4) is 0 Å². The van der Waals surface area contributed by atoms with E-state index in [4.69, 9.17) is 0 Å². The maximum Gasteiger partial charge on any atom is 0.0681 e. The minimum absolute atomic E-state index is 1.03. The van der Waals surface area contributed by atoms with Crippen LogP contribution in [0, 0.1) is 0 Å². The Hall–Kier alpha value is 0.370. The third-order valence-electron chi connectivity index (χ3n) is 1.22. The fourth-order valence-electron chi connectivity index (χ4n) is 0.742. The Morgan fingerprint density at radius 3 is 3.22 bits per heavy atom. The van der Waals surface area contributed by atoms with Gasteiger partial charge in [0.1, 0.15) is 0 Å². The first-order valence-corrected chi connectivity index (χ1v) is 5.46. The average molecular weight is 161 g/mol. The van der Waals surface area contributed by atoms with Crippen LogP contribution in [0.2, 0.25) is 0 Å². The summed E-state index contributed by atoms with van der Waals surface area (Å²) in [7, 11) is 0. The minimum atomic E-state index is 1.03. The molecule has 52 valence electrons. The summed E-state index contributed by atoms with van der Waals surface area (Å²) in [4.78, 5) is 4.40. The van der Waals surface area contributed by atoms with Crippen LogP contribution in [0.4, 0.5) is 0 Å². The van der Waals surface area contributed by atoms with E-state index in [-0.39, 0.29) is 0 Å². The van der Waals surface area contributed by atoms with Crippen molar-refractivity contribution in [1.29, 1.82) is 0 Å². The van der Waals surface area contributed by atoms with Gasteiger partial charge in [-0.25, -0.2) is 0 Å². The SMILES string of the molecule is CSC1=NCCSCC1. The maximum absolute atomic E-state index is 4.40. The zero-order chi connectivity index (χ0) is 6.53. The predicted molar refractivity (Wildman–Crippen MR) is 47.8 cm³/mol. The van der Waals surface area contributed by atoms with Crippen molar-refractivity contribution in [3.8, 4) is 0 Å². The van der Waals surface area contributed by atoms with E-state index < -0.39 is 0 Å². The van der Waals surface area contributed by atoms with Crippen molar-refractivity contribution >= 4 is 28.6 Å². The lowest BCUT2D eigenvalue weighted by atomic mass is 10.5. The molecule has 0 amide bonds. The molecule has 0 radical (unpaired) electrons. The quantitative estimate of drug-likeness (QED) is 0.538. The summed E-state index contributed by atoms with van der Waals surface area (Å²) in [6.07, 6.45) is 3.29. The summed E-state index contributed by atoms with van der Waals surface area (Å²) in [5, 5.41) is 1.33. The fourth-order valence-corrected chi connectivity index (χ4v) is 2.16. The van der Waals surface area contributed by atoms with Gasteiger partial charge in [0.25, 0.3) is 0 Å². The highest BCUT2D eigenvalue weighted by Crippen LogP contribution is 2.12. The van der Waals surface area contributed by atoms with E-state index in [0.29, 0.717) is 0 Å². The van der Waals surface area contributed by atoms with Crippen molar-refractivity contribution in [2.24, 2.45) is 4.99 Å². The van der Waals surface area contributed by atoms with Crippen molar-refractivity contribution < 1.29 is 0 Å². The van der Waals surface area contributed by atoms with Gasteiger partial charge < -0.3 is 0 Å². The maximum atomic E-state index is 4.40. The van der Waals surface area contributed by atoms with Crippen LogP contribution in [0.25, 0.3) is 0 Å². The molecule has 0 unspecified atom stereocenters. The molecule has 0 aliphatic carbocycles. The molecule has 0 bridgehead atoms. The lowest BCUT2D eigenvalue weighted by Gasteiger charge is -1.94. The number of aliphatic imine (C=N–C) groups is 1. The summed E-state index contributed by atoms with van der Waals surface area (Å²) in [6, 6.07) is 0. The second-order valence-electron chi connectivity index (χ2n) is 1.84. The van der Waals surface area contributed by atoms with Crippen molar-refractivity contribution in [2.75, 3.05) is 24.3 Å². The molecule has 0 atom stereocenters. The Morgan fingerprint density at radius 2 is 2.44 bits per heavy atom. The highest BCUT2D eigenvalue weighted by Gasteiger charge is 2.00. The molecular formula is C6H11NS2. The zero-order valence-corrected chi connectivity index (χ0v) is 7.23. The van der Waals surface area contributed by atoms with E-state index in [1.54, 1.807) is 11.8 Å². The molecule has 0 N–H and O–H groups in total. The highest BCUT2D eigenvalue weighted by atomic mass is 32.2. The topological polar surface area (TPSA) is 12.4 Å². The third-order valence-corrected chi connectivity index (χ3v) is 2.99. The first-order chi connectivity index (χ1) is 4.43. The standard InChI is InChI=1S/C6H11NS2/c1-8-6-2-4-9-5-3-7-6/h2-5H2,1H3. The Labute approximate surface area is 64.7 Å². The lowest BCUT2D eigenvalue weighted by molar-refractivity contribution is 1.15. The first kappa shape index (κ1) is 7.48. The minimum Gasteiger partial charge on any atom is -0.282 e. The molecule has 0 saturated heterocycles. The molecule has 1 nitrogen and oxygen atoms in total. The lowest BCUT2D eigenvalue weighted by Crippen LogP contribution is -1.90. The van der Waals surface area contributed by atoms with Crippen molar-refractivity contribution in [3.63, 3.8) is 0 Å². The summed E-state index contributed by atoms with van der Waals surface area (Å²) >= 11 is 3.80. The van der Waals surface area contributed by atoms with Crippen molar-refractivity contribution in [1.82, 2.24) is 0 Å². The van der Waals surface area contributed by atoms with Gasteiger partial charge in [-0.2, -0.15) is 11.8 Å². The molecule has 0 spiro atoms. The van der Waals surface area contributed by atoms with E-state index in [1.165, 1.54) is 23.0 Å². The fraction of sp³-hybridized carbons (Fsp3) is 0.833. The van der Waals surface area contributed by atoms with E-state index in [2.05, 4.69) is 11.2 Å². The van der Waals surface area contributed by atoms with Gasteiger partial charge in [-0.1, -0.05) is 0 Å². The summed E-state index contributed by atoms with van der Waals surface area (Å²) in [5.74, 6) is 2.48. The highest BCUT2D eigenvalue weighted by molar-refractivity contribution is 8.13. The first-order valence-electron chi connectivity index (χ1n) is 3.08. The molecule has 0 aromatic carbocycles.